The van der Waals surface area contributed by atoms with Crippen LogP contribution < -0.4 is 19.6 Å². The second-order valence-electron chi connectivity index (χ2n) is 4.99. The zero-order valence-electron chi connectivity index (χ0n) is 14.3. The smallest absolute Gasteiger partial charge is 0.341 e. The molecule has 2 N–H and O–H groups in total. The molecule has 0 aliphatic carbocycles. The maximum atomic E-state index is 12.2. The number of carboxylic acid groups (broad SMARTS) is 1. The molecule has 0 aliphatic heterocycles. The van der Waals surface area contributed by atoms with Gasteiger partial charge in [0.1, 0.15) is 5.75 Å². The van der Waals surface area contributed by atoms with Gasteiger partial charge in [-0.3, -0.25) is 4.79 Å². The quantitative estimate of drug-likeness (QED) is 0.552. The number of benzene rings is 2. The van der Waals surface area contributed by atoms with Gasteiger partial charge in [-0.25, -0.2) is 10.2 Å². The molecular weight excluding hydrogens is 340 g/mol. The minimum atomic E-state index is -1.08. The van der Waals surface area contributed by atoms with Crippen LogP contribution in [0.2, 0.25) is 0 Å². The Morgan fingerprint density at radius 3 is 2.50 bits per heavy atom. The minimum Gasteiger partial charge on any atom is -0.493 e. The number of carboxylic acids is 1. The molecule has 0 bridgehead atoms. The summed E-state index contributed by atoms with van der Waals surface area (Å²) in [4.78, 5) is 22.8. The Hall–Kier alpha value is -3.55. The summed E-state index contributed by atoms with van der Waals surface area (Å²) in [6.45, 7) is -0.469. The van der Waals surface area contributed by atoms with Crippen molar-refractivity contribution in [1.82, 2.24) is 5.43 Å². The molecule has 0 atom stereocenters. The van der Waals surface area contributed by atoms with Gasteiger partial charge < -0.3 is 19.3 Å². The van der Waals surface area contributed by atoms with E-state index in [0.29, 0.717) is 28.4 Å². The summed E-state index contributed by atoms with van der Waals surface area (Å²) in [7, 11) is 2.98. The molecule has 0 unspecified atom stereocenters. The topological polar surface area (TPSA) is 106 Å². The third-order valence-electron chi connectivity index (χ3n) is 3.29. The molecule has 1 amide bonds. The number of para-hydroxylation sites is 1. The number of methoxy groups -OCH3 is 2. The highest BCUT2D eigenvalue weighted by molar-refractivity contribution is 5.95. The second kappa shape index (κ2) is 9.07. The lowest BCUT2D eigenvalue weighted by atomic mass is 10.2. The number of aliphatic carboxylic acids is 1. The summed E-state index contributed by atoms with van der Waals surface area (Å²) in [6.07, 6.45) is 1.37. The Kier molecular flexibility index (Phi) is 6.55. The van der Waals surface area contributed by atoms with Crippen molar-refractivity contribution in [3.63, 3.8) is 0 Å². The van der Waals surface area contributed by atoms with E-state index in [1.807, 2.05) is 0 Å². The fraction of sp³-hybridized carbons (Fsp3) is 0.167. The summed E-state index contributed by atoms with van der Waals surface area (Å²) < 4.78 is 15.4. The molecule has 0 aliphatic rings. The van der Waals surface area contributed by atoms with Crippen molar-refractivity contribution in [3.8, 4) is 17.2 Å². The lowest BCUT2D eigenvalue weighted by molar-refractivity contribution is -0.139. The zero-order chi connectivity index (χ0) is 18.9. The number of hydrogen-bond donors (Lipinski definition) is 2. The maximum Gasteiger partial charge on any atom is 0.341 e. The SMILES string of the molecule is COc1ccc(C(=O)N/N=C/c2ccccc2OCC(=O)O)cc1OC. The monoisotopic (exact) mass is 358 g/mol. The zero-order valence-corrected chi connectivity index (χ0v) is 14.3. The van der Waals surface area contributed by atoms with Gasteiger partial charge in [-0.2, -0.15) is 5.10 Å². The highest BCUT2D eigenvalue weighted by Gasteiger charge is 2.10. The van der Waals surface area contributed by atoms with Gasteiger partial charge >= 0.3 is 5.97 Å². The molecule has 2 rings (SSSR count). The van der Waals surface area contributed by atoms with Gasteiger partial charge in [0.2, 0.25) is 0 Å². The van der Waals surface area contributed by atoms with Gasteiger partial charge in [0.15, 0.2) is 18.1 Å². The highest BCUT2D eigenvalue weighted by atomic mass is 16.5. The summed E-state index contributed by atoms with van der Waals surface area (Å²) >= 11 is 0. The molecule has 0 saturated carbocycles. The number of amides is 1. The molecule has 0 fully saturated rings. The number of nitrogens with one attached hydrogen (secondary N) is 1. The van der Waals surface area contributed by atoms with Crippen LogP contribution in [0.25, 0.3) is 0 Å². The van der Waals surface area contributed by atoms with Crippen LogP contribution in [0.4, 0.5) is 0 Å². The van der Waals surface area contributed by atoms with Crippen molar-refractivity contribution in [1.29, 1.82) is 0 Å². The Bertz CT molecular complexity index is 819. The van der Waals surface area contributed by atoms with Crippen molar-refractivity contribution in [2.75, 3.05) is 20.8 Å². The molecular formula is C18H18N2O6. The molecule has 0 radical (unpaired) electrons. The van der Waals surface area contributed by atoms with Gasteiger partial charge in [-0.15, -0.1) is 0 Å². The van der Waals surface area contributed by atoms with E-state index >= 15 is 0 Å². The molecule has 0 saturated heterocycles. The van der Waals surface area contributed by atoms with Crippen LogP contribution in [-0.2, 0) is 4.79 Å². The van der Waals surface area contributed by atoms with E-state index in [4.69, 9.17) is 19.3 Å². The first kappa shape index (κ1) is 18.8. The van der Waals surface area contributed by atoms with Gasteiger partial charge in [-0.05, 0) is 30.3 Å². The van der Waals surface area contributed by atoms with Crippen LogP contribution >= 0.6 is 0 Å². The number of hydrogen-bond acceptors (Lipinski definition) is 6. The first-order valence-corrected chi connectivity index (χ1v) is 7.54. The fourth-order valence-corrected chi connectivity index (χ4v) is 2.06. The van der Waals surface area contributed by atoms with Crippen LogP contribution in [0.1, 0.15) is 15.9 Å². The number of carbonyl (C=O) groups excluding carboxylic acids is 1. The van der Waals surface area contributed by atoms with E-state index in [1.54, 1.807) is 36.4 Å². The number of rotatable bonds is 8. The van der Waals surface area contributed by atoms with Crippen LogP contribution in [0.3, 0.4) is 0 Å². The molecule has 2 aromatic carbocycles. The second-order valence-corrected chi connectivity index (χ2v) is 4.99. The number of hydrazone groups is 1. The molecule has 2 aromatic rings. The number of ether oxygens (including phenoxy) is 3. The third-order valence-corrected chi connectivity index (χ3v) is 3.29. The first-order valence-electron chi connectivity index (χ1n) is 7.54. The van der Waals surface area contributed by atoms with E-state index in [-0.39, 0.29) is 0 Å². The largest absolute Gasteiger partial charge is 0.493 e. The molecule has 8 heteroatoms. The van der Waals surface area contributed by atoms with Gasteiger partial charge in [0, 0.05) is 11.1 Å². The summed E-state index contributed by atoms with van der Waals surface area (Å²) in [5.41, 5.74) is 3.26. The lowest BCUT2D eigenvalue weighted by Gasteiger charge is -2.09. The van der Waals surface area contributed by atoms with Crippen LogP contribution in [0.15, 0.2) is 47.6 Å². The standard InChI is InChI=1S/C18H18N2O6/c1-24-15-8-7-12(9-16(15)25-2)18(23)20-19-10-13-5-3-4-6-14(13)26-11-17(21)22/h3-10H,11H2,1-2H3,(H,20,23)(H,21,22)/b19-10+. The molecule has 26 heavy (non-hydrogen) atoms. The van der Waals surface area contributed by atoms with Crippen molar-refractivity contribution in [2.24, 2.45) is 5.10 Å². The van der Waals surface area contributed by atoms with Crippen LogP contribution in [-0.4, -0.2) is 44.0 Å². The summed E-state index contributed by atoms with van der Waals surface area (Å²) in [5.74, 6) is -0.239. The lowest BCUT2D eigenvalue weighted by Crippen LogP contribution is -2.18. The van der Waals surface area contributed by atoms with Gasteiger partial charge in [0.25, 0.3) is 5.91 Å². The van der Waals surface area contributed by atoms with Crippen molar-refractivity contribution in [2.45, 2.75) is 0 Å². The molecule has 0 aromatic heterocycles. The fourth-order valence-electron chi connectivity index (χ4n) is 2.06. The van der Waals surface area contributed by atoms with E-state index < -0.39 is 18.5 Å². The van der Waals surface area contributed by atoms with Gasteiger partial charge in [-0.1, -0.05) is 12.1 Å². The van der Waals surface area contributed by atoms with E-state index in [9.17, 15) is 9.59 Å². The van der Waals surface area contributed by atoms with E-state index in [2.05, 4.69) is 10.5 Å². The maximum absolute atomic E-state index is 12.2. The Balaban J connectivity index is 2.06. The van der Waals surface area contributed by atoms with E-state index in [0.717, 1.165) is 0 Å². The molecule has 136 valence electrons. The van der Waals surface area contributed by atoms with Crippen LogP contribution in [0.5, 0.6) is 17.2 Å². The number of nitrogens with zero attached hydrogens (tertiary/aromatic N) is 1. The summed E-state index contributed by atoms with van der Waals surface area (Å²) in [6, 6.07) is 11.5. The van der Waals surface area contributed by atoms with Crippen molar-refractivity contribution in [3.05, 3.63) is 53.6 Å². The minimum absolute atomic E-state index is 0.343. The normalized spacial score (nSPS) is 10.4. The summed E-state index contributed by atoms with van der Waals surface area (Å²) in [5, 5.41) is 12.6. The first-order chi connectivity index (χ1) is 12.5. The predicted octanol–water partition coefficient (Wildman–Crippen LogP) is 1.93. The Morgan fingerprint density at radius 2 is 1.81 bits per heavy atom. The third kappa shape index (κ3) is 4.97. The Morgan fingerprint density at radius 1 is 1.08 bits per heavy atom. The highest BCUT2D eigenvalue weighted by Crippen LogP contribution is 2.27. The van der Waals surface area contributed by atoms with E-state index in [1.165, 1.54) is 26.5 Å². The molecule has 0 spiro atoms. The molecule has 0 heterocycles. The van der Waals surface area contributed by atoms with Gasteiger partial charge in [0.05, 0.1) is 20.4 Å². The number of carbonyl (C=O) groups is 2. The van der Waals surface area contributed by atoms with Crippen molar-refractivity contribution >= 4 is 18.1 Å². The molecule has 8 nitrogen and oxygen atoms in total. The Labute approximate surface area is 150 Å². The average molecular weight is 358 g/mol. The van der Waals surface area contributed by atoms with Crippen LogP contribution in [0, 0.1) is 0 Å². The predicted molar refractivity (Wildman–Crippen MR) is 94.2 cm³/mol. The van der Waals surface area contributed by atoms with Crippen molar-refractivity contribution < 1.29 is 28.9 Å². The average Bonchev–Trinajstić information content (AvgIpc) is 2.66.